The highest BCUT2D eigenvalue weighted by Gasteiger charge is 2.31. The molecule has 5 nitrogen and oxygen atoms in total. The molecule has 1 aliphatic heterocycles. The molecule has 2 heterocycles. The number of nitrogens with zero attached hydrogens (tertiary/aromatic N) is 3. The lowest BCUT2D eigenvalue weighted by Crippen LogP contribution is -2.49. The van der Waals surface area contributed by atoms with Gasteiger partial charge in [0.2, 0.25) is 10.0 Å². The molecule has 26 heavy (non-hydrogen) atoms. The lowest BCUT2D eigenvalue weighted by atomic mass is 10.0. The fraction of sp³-hybridized carbons (Fsp3) is 0.421. The minimum absolute atomic E-state index is 0.0295. The molecule has 0 radical (unpaired) electrons. The highest BCUT2D eigenvalue weighted by molar-refractivity contribution is 7.88. The first-order valence-electron chi connectivity index (χ1n) is 8.74. The largest absolute Gasteiger partial charge is 0.297 e. The molecule has 7 heteroatoms. The van der Waals surface area contributed by atoms with Gasteiger partial charge in [-0.05, 0) is 48.7 Å². The van der Waals surface area contributed by atoms with E-state index in [1.807, 2.05) is 30.3 Å². The minimum Gasteiger partial charge on any atom is -0.297 e. The Morgan fingerprint density at radius 1 is 1.27 bits per heavy atom. The van der Waals surface area contributed by atoms with Crippen LogP contribution in [0.1, 0.15) is 24.0 Å². The summed E-state index contributed by atoms with van der Waals surface area (Å²) in [4.78, 5) is 6.41. The first-order chi connectivity index (χ1) is 12.4. The van der Waals surface area contributed by atoms with E-state index < -0.39 is 10.0 Å². The second-order valence-electron chi connectivity index (χ2n) is 6.83. The Morgan fingerprint density at radius 3 is 2.77 bits per heavy atom. The number of benzene rings is 1. The standard InChI is InChI=1S/C19H24ClN3O2S/c1-26(24,25)23(14-17-6-3-9-21-12-17)19-8-4-10-22(15-19)13-16-5-2-7-18(20)11-16/h2-3,5-7,9,11-12,19H,4,8,10,13-15H2,1H3. The third-order valence-corrected chi connectivity index (χ3v) is 6.18. The van der Waals surface area contributed by atoms with Crippen molar-refractivity contribution in [2.45, 2.75) is 32.0 Å². The van der Waals surface area contributed by atoms with Gasteiger partial charge >= 0.3 is 0 Å². The highest BCUT2D eigenvalue weighted by Crippen LogP contribution is 2.23. The van der Waals surface area contributed by atoms with Gasteiger partial charge in [0.1, 0.15) is 0 Å². The van der Waals surface area contributed by atoms with Crippen molar-refractivity contribution in [3.05, 3.63) is 64.9 Å². The van der Waals surface area contributed by atoms with Crippen molar-refractivity contribution >= 4 is 21.6 Å². The van der Waals surface area contributed by atoms with Crippen LogP contribution >= 0.6 is 11.6 Å². The zero-order chi connectivity index (χ0) is 18.6. The lowest BCUT2D eigenvalue weighted by molar-refractivity contribution is 0.139. The van der Waals surface area contributed by atoms with E-state index in [9.17, 15) is 8.42 Å². The van der Waals surface area contributed by atoms with Gasteiger partial charge in [-0.25, -0.2) is 8.42 Å². The maximum absolute atomic E-state index is 12.4. The van der Waals surface area contributed by atoms with E-state index in [2.05, 4.69) is 16.0 Å². The van der Waals surface area contributed by atoms with Crippen molar-refractivity contribution in [2.75, 3.05) is 19.3 Å². The first-order valence-corrected chi connectivity index (χ1v) is 11.0. The number of rotatable bonds is 6. The fourth-order valence-electron chi connectivity index (χ4n) is 3.49. The summed E-state index contributed by atoms with van der Waals surface area (Å²) in [5.41, 5.74) is 2.06. The zero-order valence-electron chi connectivity index (χ0n) is 14.9. The SMILES string of the molecule is CS(=O)(=O)N(Cc1cccnc1)C1CCCN(Cc2cccc(Cl)c2)C1. The molecule has 0 saturated carbocycles. The normalized spacial score (nSPS) is 19.0. The summed E-state index contributed by atoms with van der Waals surface area (Å²) >= 11 is 6.08. The monoisotopic (exact) mass is 393 g/mol. The molecule has 1 aromatic carbocycles. The van der Waals surface area contributed by atoms with Crippen LogP contribution < -0.4 is 0 Å². The quantitative estimate of drug-likeness (QED) is 0.756. The zero-order valence-corrected chi connectivity index (χ0v) is 16.5. The smallest absolute Gasteiger partial charge is 0.211 e. The van der Waals surface area contributed by atoms with E-state index in [-0.39, 0.29) is 6.04 Å². The van der Waals surface area contributed by atoms with Gasteiger partial charge in [-0.1, -0.05) is 29.8 Å². The van der Waals surface area contributed by atoms with Gasteiger partial charge in [0, 0.05) is 43.1 Å². The summed E-state index contributed by atoms with van der Waals surface area (Å²) in [6.45, 7) is 2.83. The number of hydrogen-bond acceptors (Lipinski definition) is 4. The summed E-state index contributed by atoms with van der Waals surface area (Å²) in [5.74, 6) is 0. The van der Waals surface area contributed by atoms with Crippen LogP contribution in [0.3, 0.4) is 0 Å². The van der Waals surface area contributed by atoms with Gasteiger partial charge in [-0.15, -0.1) is 0 Å². The van der Waals surface area contributed by atoms with Crippen LogP contribution in [-0.2, 0) is 23.1 Å². The lowest BCUT2D eigenvalue weighted by Gasteiger charge is -2.38. The summed E-state index contributed by atoms with van der Waals surface area (Å²) < 4.78 is 26.4. The summed E-state index contributed by atoms with van der Waals surface area (Å²) in [7, 11) is -3.31. The molecule has 1 unspecified atom stereocenters. The number of piperidine rings is 1. The molecular weight excluding hydrogens is 370 g/mol. The highest BCUT2D eigenvalue weighted by atomic mass is 35.5. The van der Waals surface area contributed by atoms with Crippen LogP contribution in [0, 0.1) is 0 Å². The summed E-state index contributed by atoms with van der Waals surface area (Å²) in [5, 5.41) is 0.727. The Bertz CT molecular complexity index is 830. The molecule has 1 aromatic heterocycles. The average Bonchev–Trinajstić information content (AvgIpc) is 2.60. The van der Waals surface area contributed by atoms with E-state index >= 15 is 0 Å². The summed E-state index contributed by atoms with van der Waals surface area (Å²) in [6, 6.07) is 11.6. The summed E-state index contributed by atoms with van der Waals surface area (Å²) in [6.07, 6.45) is 6.56. The molecule has 0 N–H and O–H groups in total. The number of likely N-dealkylation sites (tertiary alicyclic amines) is 1. The van der Waals surface area contributed by atoms with E-state index in [1.165, 1.54) is 6.26 Å². The Morgan fingerprint density at radius 2 is 2.08 bits per heavy atom. The number of aromatic nitrogens is 1. The van der Waals surface area contributed by atoms with Crippen LogP contribution in [-0.4, -0.2) is 48.0 Å². The van der Waals surface area contributed by atoms with Gasteiger partial charge in [-0.2, -0.15) is 4.31 Å². The van der Waals surface area contributed by atoms with Crippen molar-refractivity contribution in [3.63, 3.8) is 0 Å². The van der Waals surface area contributed by atoms with Crippen molar-refractivity contribution in [2.24, 2.45) is 0 Å². The number of halogens is 1. The molecule has 0 bridgehead atoms. The molecule has 1 fully saturated rings. The Kier molecular flexibility index (Phi) is 6.29. The molecular formula is C19H24ClN3O2S. The number of sulfonamides is 1. The molecule has 1 saturated heterocycles. The van der Waals surface area contributed by atoms with Gasteiger partial charge in [0.25, 0.3) is 0 Å². The topological polar surface area (TPSA) is 53.5 Å². The molecule has 0 spiro atoms. The minimum atomic E-state index is -3.31. The third-order valence-electron chi connectivity index (χ3n) is 4.67. The molecule has 3 rings (SSSR count). The van der Waals surface area contributed by atoms with Crippen LogP contribution in [0.5, 0.6) is 0 Å². The maximum atomic E-state index is 12.4. The van der Waals surface area contributed by atoms with Crippen LogP contribution in [0.15, 0.2) is 48.8 Å². The maximum Gasteiger partial charge on any atom is 0.211 e. The van der Waals surface area contributed by atoms with Crippen LogP contribution in [0.2, 0.25) is 5.02 Å². The van der Waals surface area contributed by atoms with Crippen molar-refractivity contribution in [3.8, 4) is 0 Å². The van der Waals surface area contributed by atoms with Gasteiger partial charge in [0.05, 0.1) is 6.26 Å². The van der Waals surface area contributed by atoms with Crippen LogP contribution in [0.4, 0.5) is 0 Å². The third kappa shape index (κ3) is 5.27. The van der Waals surface area contributed by atoms with Gasteiger partial charge < -0.3 is 0 Å². The number of pyridine rings is 1. The predicted octanol–water partition coefficient (Wildman–Crippen LogP) is 3.16. The Hall–Kier alpha value is -1.47. The Labute approximate surface area is 160 Å². The van der Waals surface area contributed by atoms with E-state index in [0.717, 1.165) is 48.6 Å². The number of hydrogen-bond donors (Lipinski definition) is 0. The van der Waals surface area contributed by atoms with Crippen molar-refractivity contribution in [1.29, 1.82) is 0 Å². The van der Waals surface area contributed by atoms with Gasteiger partial charge in [-0.3, -0.25) is 9.88 Å². The second kappa shape index (κ2) is 8.48. The molecule has 0 aliphatic carbocycles. The fourth-order valence-corrected chi connectivity index (χ4v) is 4.80. The predicted molar refractivity (Wildman–Crippen MR) is 104 cm³/mol. The van der Waals surface area contributed by atoms with E-state index in [4.69, 9.17) is 11.6 Å². The molecule has 140 valence electrons. The van der Waals surface area contributed by atoms with Crippen molar-refractivity contribution < 1.29 is 8.42 Å². The van der Waals surface area contributed by atoms with E-state index in [1.54, 1.807) is 16.7 Å². The van der Waals surface area contributed by atoms with E-state index in [0.29, 0.717) is 6.54 Å². The second-order valence-corrected chi connectivity index (χ2v) is 9.20. The molecule has 1 atom stereocenters. The Balaban J connectivity index is 1.72. The molecule has 2 aromatic rings. The van der Waals surface area contributed by atoms with Crippen LogP contribution in [0.25, 0.3) is 0 Å². The first kappa shape index (κ1) is 19.3. The van der Waals surface area contributed by atoms with Gasteiger partial charge in [0.15, 0.2) is 0 Å². The molecule has 0 amide bonds. The van der Waals surface area contributed by atoms with Crippen molar-refractivity contribution in [1.82, 2.24) is 14.2 Å². The average molecular weight is 394 g/mol. The molecule has 1 aliphatic rings.